The number of terminal acetylenes is 1. The highest BCUT2D eigenvalue weighted by Crippen LogP contribution is 2.31. The van der Waals surface area contributed by atoms with Crippen LogP contribution in [0, 0.1) is 12.3 Å². The number of hydrogen-bond donors (Lipinski definition) is 1. The second kappa shape index (κ2) is 7.59. The van der Waals surface area contributed by atoms with Gasteiger partial charge in [0.2, 0.25) is 0 Å². The zero-order valence-electron chi connectivity index (χ0n) is 14.7. The third kappa shape index (κ3) is 3.56. The van der Waals surface area contributed by atoms with Crippen LogP contribution < -0.4 is 4.74 Å². The molecule has 1 N–H and O–H groups in total. The molecule has 3 heterocycles. The molecule has 0 saturated carbocycles. The Morgan fingerprint density at radius 2 is 2.12 bits per heavy atom. The summed E-state index contributed by atoms with van der Waals surface area (Å²) in [6.45, 7) is 3.38. The van der Waals surface area contributed by atoms with Crippen LogP contribution in [0.2, 0.25) is 0 Å². The fraction of sp³-hybridized carbons (Fsp3) is 0.333. The highest BCUT2D eigenvalue weighted by atomic mass is 16.5. The van der Waals surface area contributed by atoms with Crippen molar-refractivity contribution < 1.29 is 4.74 Å². The number of nitrogens with zero attached hydrogens (tertiary/aromatic N) is 3. The predicted molar refractivity (Wildman–Crippen MR) is 102 cm³/mol. The number of ether oxygens (including phenoxy) is 1. The van der Waals surface area contributed by atoms with Crippen molar-refractivity contribution in [1.29, 1.82) is 0 Å². The molecule has 1 aliphatic heterocycles. The molecule has 5 nitrogen and oxygen atoms in total. The van der Waals surface area contributed by atoms with Gasteiger partial charge >= 0.3 is 0 Å². The van der Waals surface area contributed by atoms with Gasteiger partial charge in [0, 0.05) is 29.7 Å². The van der Waals surface area contributed by atoms with Gasteiger partial charge in [-0.05, 0) is 55.8 Å². The Morgan fingerprint density at radius 3 is 2.96 bits per heavy atom. The molecule has 0 aliphatic carbocycles. The average Bonchev–Trinajstić information content (AvgIpc) is 3.11. The van der Waals surface area contributed by atoms with Gasteiger partial charge < -0.3 is 4.74 Å². The van der Waals surface area contributed by atoms with Gasteiger partial charge in [0.25, 0.3) is 0 Å². The number of pyridine rings is 1. The van der Waals surface area contributed by atoms with Crippen LogP contribution in [0.1, 0.15) is 30.0 Å². The van der Waals surface area contributed by atoms with Crippen LogP contribution in [-0.2, 0) is 6.54 Å². The molecule has 1 saturated heterocycles. The summed E-state index contributed by atoms with van der Waals surface area (Å²) >= 11 is 0. The molecule has 3 aromatic rings. The van der Waals surface area contributed by atoms with E-state index in [-0.39, 0.29) is 0 Å². The highest BCUT2D eigenvalue weighted by molar-refractivity contribution is 5.77. The van der Waals surface area contributed by atoms with E-state index in [0.29, 0.717) is 12.5 Å². The van der Waals surface area contributed by atoms with Gasteiger partial charge in [0.1, 0.15) is 12.4 Å². The molecule has 0 radical (unpaired) electrons. The molecule has 132 valence electrons. The van der Waals surface area contributed by atoms with Gasteiger partial charge in [-0.15, -0.1) is 6.42 Å². The molecule has 0 amide bonds. The van der Waals surface area contributed by atoms with Crippen LogP contribution in [0.3, 0.4) is 0 Å². The molecule has 0 unspecified atom stereocenters. The fourth-order valence-electron chi connectivity index (χ4n) is 3.68. The van der Waals surface area contributed by atoms with E-state index in [9.17, 15) is 0 Å². The van der Waals surface area contributed by atoms with E-state index in [2.05, 4.69) is 44.2 Å². The summed E-state index contributed by atoms with van der Waals surface area (Å²) < 4.78 is 5.52. The number of likely N-dealkylation sites (tertiary alicyclic amines) is 1. The number of fused-ring (bicyclic) bond motifs is 1. The van der Waals surface area contributed by atoms with Crippen molar-refractivity contribution in [3.8, 4) is 18.1 Å². The van der Waals surface area contributed by atoms with E-state index >= 15 is 0 Å². The minimum Gasteiger partial charge on any atom is -0.481 e. The van der Waals surface area contributed by atoms with E-state index in [1.165, 1.54) is 11.3 Å². The summed E-state index contributed by atoms with van der Waals surface area (Å²) in [7, 11) is 0. The molecule has 4 rings (SSSR count). The van der Waals surface area contributed by atoms with Crippen LogP contribution in [0.15, 0.2) is 42.6 Å². The molecule has 0 atom stereocenters. The maximum absolute atomic E-state index is 5.52. The summed E-state index contributed by atoms with van der Waals surface area (Å²) in [6.07, 6.45) is 9.30. The summed E-state index contributed by atoms with van der Waals surface area (Å²) in [5, 5.41) is 8.71. The van der Waals surface area contributed by atoms with Crippen molar-refractivity contribution in [2.75, 3.05) is 19.7 Å². The number of piperidine rings is 1. The summed E-state index contributed by atoms with van der Waals surface area (Å²) in [6, 6.07) is 12.3. The molecule has 1 aliphatic rings. The van der Waals surface area contributed by atoms with Crippen molar-refractivity contribution in [2.45, 2.75) is 25.3 Å². The monoisotopic (exact) mass is 346 g/mol. The first-order valence-electron chi connectivity index (χ1n) is 9.00. The van der Waals surface area contributed by atoms with Crippen LogP contribution in [0.25, 0.3) is 11.0 Å². The first kappa shape index (κ1) is 16.6. The number of aromatic amines is 1. The zero-order chi connectivity index (χ0) is 17.8. The number of aromatic nitrogens is 3. The lowest BCUT2D eigenvalue weighted by Gasteiger charge is -2.31. The van der Waals surface area contributed by atoms with Crippen LogP contribution in [0.4, 0.5) is 0 Å². The molecule has 2 aromatic heterocycles. The van der Waals surface area contributed by atoms with E-state index in [0.717, 1.165) is 49.3 Å². The maximum Gasteiger partial charge on any atom is 0.181 e. The van der Waals surface area contributed by atoms with Gasteiger partial charge in [-0.1, -0.05) is 18.1 Å². The Hall–Kier alpha value is -2.84. The molecular weight excluding hydrogens is 324 g/mol. The first-order valence-corrected chi connectivity index (χ1v) is 9.00. The molecule has 0 spiro atoms. The van der Waals surface area contributed by atoms with Gasteiger partial charge in [-0.25, -0.2) is 4.98 Å². The van der Waals surface area contributed by atoms with E-state index in [1.807, 2.05) is 18.2 Å². The topological polar surface area (TPSA) is 54.0 Å². The van der Waals surface area contributed by atoms with Crippen LogP contribution in [-0.4, -0.2) is 39.8 Å². The van der Waals surface area contributed by atoms with Crippen molar-refractivity contribution >= 4 is 11.0 Å². The Kier molecular flexibility index (Phi) is 4.85. The van der Waals surface area contributed by atoms with Gasteiger partial charge in [0.05, 0.1) is 0 Å². The fourth-order valence-corrected chi connectivity index (χ4v) is 3.68. The van der Waals surface area contributed by atoms with Gasteiger partial charge in [-0.2, -0.15) is 5.10 Å². The molecular formula is C21H22N4O. The normalized spacial score (nSPS) is 15.8. The van der Waals surface area contributed by atoms with Crippen molar-refractivity contribution in [2.24, 2.45) is 0 Å². The third-order valence-corrected chi connectivity index (χ3v) is 4.98. The minimum absolute atomic E-state index is 0.307. The maximum atomic E-state index is 5.52. The Bertz CT molecular complexity index is 919. The molecule has 1 fully saturated rings. The van der Waals surface area contributed by atoms with Crippen molar-refractivity contribution in [1.82, 2.24) is 20.1 Å². The lowest BCUT2D eigenvalue weighted by Crippen LogP contribution is -2.32. The van der Waals surface area contributed by atoms with Crippen molar-refractivity contribution in [3.05, 3.63) is 53.9 Å². The largest absolute Gasteiger partial charge is 0.481 e. The average molecular weight is 346 g/mol. The second-order valence-electron chi connectivity index (χ2n) is 6.70. The van der Waals surface area contributed by atoms with Crippen LogP contribution >= 0.6 is 0 Å². The van der Waals surface area contributed by atoms with Crippen LogP contribution in [0.5, 0.6) is 5.75 Å². The molecule has 0 bridgehead atoms. The second-order valence-corrected chi connectivity index (χ2v) is 6.70. The van der Waals surface area contributed by atoms with E-state index in [1.54, 1.807) is 6.20 Å². The highest BCUT2D eigenvalue weighted by Gasteiger charge is 2.23. The zero-order valence-corrected chi connectivity index (χ0v) is 14.7. The standard InChI is InChI=1S/C21H22N4O/c1-2-13-26-18-6-3-5-16(14-18)15-25-11-8-17(9-12-25)20-19-7-4-10-22-21(19)24-23-20/h1,3-7,10,14,17H,8-9,11-13,15H2,(H,22,23,24). The van der Waals surface area contributed by atoms with Gasteiger partial charge in [0.15, 0.2) is 5.65 Å². The number of H-pyrrole nitrogens is 1. The lowest BCUT2D eigenvalue weighted by atomic mass is 9.92. The van der Waals surface area contributed by atoms with E-state index in [4.69, 9.17) is 11.2 Å². The van der Waals surface area contributed by atoms with Gasteiger partial charge in [-0.3, -0.25) is 10.00 Å². The predicted octanol–water partition coefficient (Wildman–Crippen LogP) is 3.35. The minimum atomic E-state index is 0.307. The summed E-state index contributed by atoms with van der Waals surface area (Å²) in [5.41, 5.74) is 3.31. The summed E-state index contributed by atoms with van der Waals surface area (Å²) in [5.74, 6) is 3.86. The van der Waals surface area contributed by atoms with E-state index < -0.39 is 0 Å². The first-order chi connectivity index (χ1) is 12.8. The number of hydrogen-bond acceptors (Lipinski definition) is 4. The third-order valence-electron chi connectivity index (χ3n) is 4.98. The summed E-state index contributed by atoms with van der Waals surface area (Å²) in [4.78, 5) is 6.81. The van der Waals surface area contributed by atoms with Crippen molar-refractivity contribution in [3.63, 3.8) is 0 Å². The smallest absolute Gasteiger partial charge is 0.181 e. The molecule has 26 heavy (non-hydrogen) atoms. The Labute approximate surface area is 153 Å². The number of rotatable bonds is 5. The number of benzene rings is 1. The Morgan fingerprint density at radius 1 is 1.23 bits per heavy atom. The quantitative estimate of drug-likeness (QED) is 0.720. The molecule has 1 aromatic carbocycles. The SMILES string of the molecule is C#CCOc1cccc(CN2CCC(c3[nH]nc4ncccc34)CC2)c1. The number of nitrogens with one attached hydrogen (secondary N) is 1. The lowest BCUT2D eigenvalue weighted by molar-refractivity contribution is 0.203. The Balaban J connectivity index is 1.37. The molecule has 5 heteroatoms.